The first-order valence-corrected chi connectivity index (χ1v) is 11.8. The number of benzene rings is 2. The van der Waals surface area contributed by atoms with Crippen LogP contribution in [0.25, 0.3) is 11.1 Å². The number of phenols is 1. The minimum atomic E-state index is -1.14. The predicted octanol–water partition coefficient (Wildman–Crippen LogP) is 3.62. The molecule has 10 heteroatoms. The fourth-order valence-electron chi connectivity index (χ4n) is 3.67. The van der Waals surface area contributed by atoms with Gasteiger partial charge < -0.3 is 26.2 Å². The Morgan fingerprint density at radius 3 is 2.43 bits per heavy atom. The molecule has 37 heavy (non-hydrogen) atoms. The van der Waals surface area contributed by atoms with Crippen molar-refractivity contribution < 1.29 is 29.0 Å². The minimum absolute atomic E-state index is 0.139. The molecule has 0 saturated heterocycles. The summed E-state index contributed by atoms with van der Waals surface area (Å²) in [5.41, 5.74) is 1.40. The van der Waals surface area contributed by atoms with E-state index in [1.165, 1.54) is 30.3 Å². The molecule has 3 rings (SSSR count). The summed E-state index contributed by atoms with van der Waals surface area (Å²) in [7, 11) is 0. The summed E-state index contributed by atoms with van der Waals surface area (Å²) in [5.74, 6) is -1.77. The van der Waals surface area contributed by atoms with Gasteiger partial charge in [-0.2, -0.15) is 0 Å². The number of nitrogens with one attached hydrogen (secondary N) is 3. The van der Waals surface area contributed by atoms with Gasteiger partial charge in [0.15, 0.2) is 0 Å². The van der Waals surface area contributed by atoms with Crippen LogP contribution in [0.3, 0.4) is 0 Å². The molecule has 3 aromatic rings. The van der Waals surface area contributed by atoms with Crippen molar-refractivity contribution >= 4 is 23.6 Å². The van der Waals surface area contributed by atoms with Crippen LogP contribution in [0, 0.1) is 5.82 Å². The number of anilines is 1. The number of carbonyl (C=O) groups is 3. The van der Waals surface area contributed by atoms with E-state index in [0.717, 1.165) is 12.2 Å². The van der Waals surface area contributed by atoms with Gasteiger partial charge in [-0.3, -0.25) is 14.4 Å². The maximum atomic E-state index is 13.2. The second-order valence-corrected chi connectivity index (χ2v) is 8.38. The summed E-state index contributed by atoms with van der Waals surface area (Å²) in [6.45, 7) is 0.356. The third kappa shape index (κ3) is 8.92. The average molecular weight is 509 g/mol. The lowest BCUT2D eigenvalue weighted by molar-refractivity contribution is -0.138. The van der Waals surface area contributed by atoms with Crippen LogP contribution in [0.4, 0.5) is 10.2 Å². The molecule has 0 saturated carbocycles. The van der Waals surface area contributed by atoms with Crippen LogP contribution in [0.5, 0.6) is 5.75 Å². The number of carboxylic acid groups (broad SMARTS) is 1. The largest absolute Gasteiger partial charge is 0.507 e. The number of halogens is 1. The van der Waals surface area contributed by atoms with Gasteiger partial charge in [0, 0.05) is 24.7 Å². The smallest absolute Gasteiger partial charge is 0.305 e. The Labute approximate surface area is 213 Å². The first kappa shape index (κ1) is 27.1. The Bertz CT molecular complexity index is 1210. The predicted molar refractivity (Wildman–Crippen MR) is 136 cm³/mol. The van der Waals surface area contributed by atoms with Crippen LogP contribution in [-0.2, 0) is 14.4 Å². The molecule has 0 aliphatic rings. The number of rotatable bonds is 13. The van der Waals surface area contributed by atoms with E-state index < -0.39 is 30.2 Å². The summed E-state index contributed by atoms with van der Waals surface area (Å²) in [6, 6.07) is 14.7. The van der Waals surface area contributed by atoms with Crippen molar-refractivity contribution in [2.24, 2.45) is 0 Å². The number of pyridine rings is 1. The highest BCUT2D eigenvalue weighted by Gasteiger charge is 2.20. The number of amides is 2. The Kier molecular flexibility index (Phi) is 9.95. The van der Waals surface area contributed by atoms with Crippen molar-refractivity contribution in [2.45, 2.75) is 31.7 Å². The lowest BCUT2D eigenvalue weighted by atomic mass is 9.98. The van der Waals surface area contributed by atoms with Gasteiger partial charge in [-0.1, -0.05) is 30.3 Å². The van der Waals surface area contributed by atoms with Crippen molar-refractivity contribution in [1.82, 2.24) is 15.6 Å². The zero-order valence-electron chi connectivity index (χ0n) is 20.1. The SMILES string of the molecule is O=C(O)CC(NC(=O)CNC(=O)CCCCNc1ccccn1)c1ccc(-c2ccc(F)cc2)c(O)c1. The molecule has 1 aromatic heterocycles. The molecular weight excluding hydrogens is 479 g/mol. The summed E-state index contributed by atoms with van der Waals surface area (Å²) >= 11 is 0. The molecule has 0 aliphatic heterocycles. The molecule has 5 N–H and O–H groups in total. The molecule has 0 bridgehead atoms. The number of hydrogen-bond donors (Lipinski definition) is 5. The highest BCUT2D eigenvalue weighted by atomic mass is 19.1. The maximum Gasteiger partial charge on any atom is 0.305 e. The lowest BCUT2D eigenvalue weighted by Gasteiger charge is -2.19. The second kappa shape index (κ2) is 13.6. The molecule has 1 unspecified atom stereocenters. The number of unbranched alkanes of at least 4 members (excludes halogenated alkanes) is 1. The number of aliphatic carboxylic acids is 1. The van der Waals surface area contributed by atoms with E-state index in [9.17, 15) is 29.0 Å². The number of nitrogens with zero attached hydrogens (tertiary/aromatic N) is 1. The molecule has 0 aliphatic carbocycles. The van der Waals surface area contributed by atoms with Gasteiger partial charge in [-0.05, 0) is 54.3 Å². The first-order valence-electron chi connectivity index (χ1n) is 11.8. The average Bonchev–Trinajstić information content (AvgIpc) is 2.88. The van der Waals surface area contributed by atoms with Gasteiger partial charge >= 0.3 is 5.97 Å². The van der Waals surface area contributed by atoms with Gasteiger partial charge in [-0.15, -0.1) is 0 Å². The van der Waals surface area contributed by atoms with Crippen molar-refractivity contribution in [3.8, 4) is 16.9 Å². The topological polar surface area (TPSA) is 141 Å². The van der Waals surface area contributed by atoms with Crippen molar-refractivity contribution in [2.75, 3.05) is 18.4 Å². The molecule has 0 radical (unpaired) electrons. The van der Waals surface area contributed by atoms with Crippen LogP contribution in [0.15, 0.2) is 66.9 Å². The highest BCUT2D eigenvalue weighted by Crippen LogP contribution is 2.32. The lowest BCUT2D eigenvalue weighted by Crippen LogP contribution is -2.39. The fraction of sp³-hybridized carbons (Fsp3) is 0.259. The van der Waals surface area contributed by atoms with Gasteiger partial charge in [0.1, 0.15) is 17.4 Å². The quantitative estimate of drug-likeness (QED) is 0.222. The number of aromatic nitrogens is 1. The minimum Gasteiger partial charge on any atom is -0.507 e. The molecule has 194 valence electrons. The molecule has 1 heterocycles. The molecule has 0 spiro atoms. The van der Waals surface area contributed by atoms with E-state index in [-0.39, 0.29) is 24.6 Å². The standard InChI is InChI=1S/C27H29FN4O5/c28-20-10-7-18(8-11-20)21-12-9-19(15-23(21)33)22(16-27(36)37)32-26(35)17-31-25(34)6-2-4-14-30-24-5-1-3-13-29-24/h1,3,5,7-13,15,22,33H,2,4,6,14,16-17H2,(H,29,30)(H,31,34)(H,32,35)(H,36,37). The number of hydrogen-bond acceptors (Lipinski definition) is 6. The second-order valence-electron chi connectivity index (χ2n) is 8.38. The summed E-state index contributed by atoms with van der Waals surface area (Å²) < 4.78 is 13.2. The number of phenolic OH excluding ortho intramolecular Hbond substituents is 1. The normalized spacial score (nSPS) is 11.4. The van der Waals surface area contributed by atoms with E-state index in [0.29, 0.717) is 29.7 Å². The Hall–Kier alpha value is -4.47. The summed E-state index contributed by atoms with van der Waals surface area (Å²) in [4.78, 5) is 40.0. The zero-order valence-corrected chi connectivity index (χ0v) is 20.1. The van der Waals surface area contributed by atoms with Crippen LogP contribution in [-0.4, -0.2) is 46.1 Å². The van der Waals surface area contributed by atoms with E-state index in [1.807, 2.05) is 18.2 Å². The number of carboxylic acids is 1. The Balaban J connectivity index is 1.48. The Morgan fingerprint density at radius 1 is 0.973 bits per heavy atom. The molecular formula is C27H29FN4O5. The Morgan fingerprint density at radius 2 is 1.76 bits per heavy atom. The van der Waals surface area contributed by atoms with Gasteiger partial charge in [0.05, 0.1) is 19.0 Å². The van der Waals surface area contributed by atoms with Crippen molar-refractivity contribution in [3.63, 3.8) is 0 Å². The van der Waals surface area contributed by atoms with Crippen LogP contribution >= 0.6 is 0 Å². The zero-order chi connectivity index (χ0) is 26.6. The molecule has 2 aromatic carbocycles. The molecule has 2 amide bonds. The van der Waals surface area contributed by atoms with Crippen LogP contribution in [0.1, 0.15) is 37.3 Å². The van der Waals surface area contributed by atoms with E-state index in [2.05, 4.69) is 20.9 Å². The van der Waals surface area contributed by atoms with E-state index in [4.69, 9.17) is 0 Å². The van der Waals surface area contributed by atoms with Gasteiger partial charge in [0.2, 0.25) is 11.8 Å². The fourth-order valence-corrected chi connectivity index (χ4v) is 3.67. The molecule has 9 nitrogen and oxygen atoms in total. The van der Waals surface area contributed by atoms with Crippen molar-refractivity contribution in [1.29, 1.82) is 0 Å². The maximum absolute atomic E-state index is 13.2. The summed E-state index contributed by atoms with van der Waals surface area (Å²) in [5, 5.41) is 28.0. The number of carbonyl (C=O) groups excluding carboxylic acids is 2. The van der Waals surface area contributed by atoms with Gasteiger partial charge in [-0.25, -0.2) is 9.37 Å². The monoisotopic (exact) mass is 508 g/mol. The molecule has 0 fully saturated rings. The third-order valence-corrected chi connectivity index (χ3v) is 5.54. The van der Waals surface area contributed by atoms with E-state index >= 15 is 0 Å². The van der Waals surface area contributed by atoms with E-state index in [1.54, 1.807) is 18.3 Å². The van der Waals surface area contributed by atoms with Gasteiger partial charge in [0.25, 0.3) is 0 Å². The summed E-state index contributed by atoms with van der Waals surface area (Å²) in [6.07, 6.45) is 2.88. The van der Waals surface area contributed by atoms with Crippen molar-refractivity contribution in [3.05, 3.63) is 78.2 Å². The third-order valence-electron chi connectivity index (χ3n) is 5.54. The number of aromatic hydroxyl groups is 1. The first-order chi connectivity index (χ1) is 17.8. The van der Waals surface area contributed by atoms with Crippen LogP contribution < -0.4 is 16.0 Å². The highest BCUT2D eigenvalue weighted by molar-refractivity contribution is 5.85. The molecule has 1 atom stereocenters. The van der Waals surface area contributed by atoms with Crippen LogP contribution in [0.2, 0.25) is 0 Å².